The number of Topliss-reactive ketones (excluding diaryl/α,β-unsaturated/α-hetero) is 1. The van der Waals surface area contributed by atoms with Crippen LogP contribution in [0.15, 0.2) is 18.2 Å². The number of benzene rings is 1. The first kappa shape index (κ1) is 10.9. The van der Waals surface area contributed by atoms with Gasteiger partial charge in [-0.25, -0.2) is 4.39 Å². The van der Waals surface area contributed by atoms with Gasteiger partial charge in [-0.05, 0) is 18.2 Å². The molecule has 0 aliphatic carbocycles. The molecule has 0 bridgehead atoms. The Balaban J connectivity index is 3.05. The lowest BCUT2D eigenvalue weighted by molar-refractivity contribution is -0.135. The summed E-state index contributed by atoms with van der Waals surface area (Å²) in [6, 6.07) is 4.72. The Kier molecular flexibility index (Phi) is 3.13. The molecule has 1 aromatic rings. The number of carboxylic acid groups (broad SMARTS) is 1. The standard InChI is InChI=1S/C10H6FNO3/c11-8-2-6(5-12)1-7(3-8)9(13)4-10(14)15/h1-3H,4H2,(H,14,15). The van der Waals surface area contributed by atoms with E-state index in [1.54, 1.807) is 6.07 Å². The van der Waals surface area contributed by atoms with Gasteiger partial charge in [-0.1, -0.05) is 0 Å². The number of rotatable bonds is 3. The zero-order chi connectivity index (χ0) is 11.4. The minimum absolute atomic E-state index is 0.0104. The summed E-state index contributed by atoms with van der Waals surface area (Å²) in [5.74, 6) is -2.75. The Bertz CT molecular complexity index is 462. The first-order valence-electron chi connectivity index (χ1n) is 3.98. The summed E-state index contributed by atoms with van der Waals surface area (Å²) in [5, 5.41) is 16.9. The van der Waals surface area contributed by atoms with Crippen molar-refractivity contribution >= 4 is 11.8 Å². The molecule has 0 amide bonds. The molecule has 1 aromatic carbocycles. The maximum atomic E-state index is 12.9. The van der Waals surface area contributed by atoms with Gasteiger partial charge in [0.15, 0.2) is 5.78 Å². The molecule has 5 heteroatoms. The quantitative estimate of drug-likeness (QED) is 0.599. The normalized spacial score (nSPS) is 9.33. The second-order valence-electron chi connectivity index (χ2n) is 2.83. The average Bonchev–Trinajstić information content (AvgIpc) is 2.15. The fraction of sp³-hybridized carbons (Fsp3) is 0.100. The number of carbonyl (C=O) groups excluding carboxylic acids is 1. The fourth-order valence-corrected chi connectivity index (χ4v) is 1.05. The highest BCUT2D eigenvalue weighted by Crippen LogP contribution is 2.10. The van der Waals surface area contributed by atoms with E-state index in [0.717, 1.165) is 18.2 Å². The van der Waals surface area contributed by atoms with Gasteiger partial charge in [0, 0.05) is 5.56 Å². The van der Waals surface area contributed by atoms with Crippen molar-refractivity contribution in [2.45, 2.75) is 6.42 Å². The summed E-state index contributed by atoms with van der Waals surface area (Å²) in [4.78, 5) is 21.5. The number of carboxylic acids is 1. The van der Waals surface area contributed by atoms with Crippen molar-refractivity contribution in [1.29, 1.82) is 5.26 Å². The molecule has 76 valence electrons. The maximum absolute atomic E-state index is 12.9. The topological polar surface area (TPSA) is 78.2 Å². The van der Waals surface area contributed by atoms with Crippen molar-refractivity contribution < 1.29 is 19.1 Å². The van der Waals surface area contributed by atoms with Crippen LogP contribution in [-0.4, -0.2) is 16.9 Å². The highest BCUT2D eigenvalue weighted by atomic mass is 19.1. The highest BCUT2D eigenvalue weighted by molar-refractivity contribution is 6.05. The summed E-state index contributed by atoms with van der Waals surface area (Å²) in [5.41, 5.74) is -0.113. The molecule has 0 aromatic heterocycles. The largest absolute Gasteiger partial charge is 0.481 e. The van der Waals surface area contributed by atoms with Gasteiger partial charge in [0.2, 0.25) is 0 Å². The molecule has 0 aliphatic rings. The third-order valence-corrected chi connectivity index (χ3v) is 1.66. The van der Waals surface area contributed by atoms with Crippen LogP contribution >= 0.6 is 0 Å². The fourth-order valence-electron chi connectivity index (χ4n) is 1.05. The molecule has 0 atom stereocenters. The second-order valence-corrected chi connectivity index (χ2v) is 2.83. The monoisotopic (exact) mass is 207 g/mol. The van der Waals surface area contributed by atoms with E-state index in [2.05, 4.69) is 0 Å². The van der Waals surface area contributed by atoms with Gasteiger partial charge < -0.3 is 5.11 Å². The number of carbonyl (C=O) groups is 2. The van der Waals surface area contributed by atoms with Crippen molar-refractivity contribution in [2.75, 3.05) is 0 Å². The Morgan fingerprint density at radius 2 is 2.07 bits per heavy atom. The first-order valence-corrected chi connectivity index (χ1v) is 3.98. The van der Waals surface area contributed by atoms with E-state index in [1.165, 1.54) is 0 Å². The number of nitrogens with zero attached hydrogens (tertiary/aromatic N) is 1. The average molecular weight is 207 g/mol. The summed E-state index contributed by atoms with van der Waals surface area (Å²) >= 11 is 0. The SMILES string of the molecule is N#Cc1cc(F)cc(C(=O)CC(=O)O)c1. The highest BCUT2D eigenvalue weighted by Gasteiger charge is 2.12. The molecule has 0 heterocycles. The molecule has 0 saturated carbocycles. The van der Waals surface area contributed by atoms with Crippen molar-refractivity contribution in [3.8, 4) is 6.07 Å². The third-order valence-electron chi connectivity index (χ3n) is 1.66. The maximum Gasteiger partial charge on any atom is 0.311 e. The van der Waals surface area contributed by atoms with E-state index < -0.39 is 24.0 Å². The van der Waals surface area contributed by atoms with Crippen LogP contribution in [-0.2, 0) is 4.79 Å². The minimum atomic E-state index is -1.29. The van der Waals surface area contributed by atoms with E-state index >= 15 is 0 Å². The molecule has 0 unspecified atom stereocenters. The third kappa shape index (κ3) is 2.88. The molecule has 0 fully saturated rings. The van der Waals surface area contributed by atoms with E-state index in [4.69, 9.17) is 10.4 Å². The van der Waals surface area contributed by atoms with E-state index in [0.29, 0.717) is 0 Å². The zero-order valence-corrected chi connectivity index (χ0v) is 7.53. The lowest BCUT2D eigenvalue weighted by Crippen LogP contribution is -2.07. The second kappa shape index (κ2) is 4.33. The van der Waals surface area contributed by atoms with Gasteiger partial charge in [0.05, 0.1) is 11.6 Å². The predicted molar refractivity (Wildman–Crippen MR) is 47.7 cm³/mol. The lowest BCUT2D eigenvalue weighted by atomic mass is 10.1. The van der Waals surface area contributed by atoms with E-state index in [9.17, 15) is 14.0 Å². The molecule has 1 N–H and O–H groups in total. The number of nitriles is 1. The van der Waals surface area contributed by atoms with Crippen molar-refractivity contribution in [1.82, 2.24) is 0 Å². The number of hydrogen-bond donors (Lipinski definition) is 1. The van der Waals surface area contributed by atoms with Crippen LogP contribution in [0.5, 0.6) is 0 Å². The Labute approximate surface area is 84.6 Å². The zero-order valence-electron chi connectivity index (χ0n) is 7.53. The molecular formula is C10H6FNO3. The molecule has 4 nitrogen and oxygen atoms in total. The van der Waals surface area contributed by atoms with Crippen molar-refractivity contribution in [3.63, 3.8) is 0 Å². The molecular weight excluding hydrogens is 201 g/mol. The summed E-state index contributed by atoms with van der Waals surface area (Å²) in [7, 11) is 0. The Morgan fingerprint density at radius 1 is 1.40 bits per heavy atom. The number of halogens is 1. The van der Waals surface area contributed by atoms with Crippen LogP contribution in [0.3, 0.4) is 0 Å². The Morgan fingerprint density at radius 3 is 2.60 bits per heavy atom. The van der Waals surface area contributed by atoms with Gasteiger partial charge in [-0.15, -0.1) is 0 Å². The van der Waals surface area contributed by atoms with E-state index in [1.807, 2.05) is 0 Å². The van der Waals surface area contributed by atoms with Crippen LogP contribution in [0.1, 0.15) is 22.3 Å². The lowest BCUT2D eigenvalue weighted by Gasteiger charge is -1.99. The van der Waals surface area contributed by atoms with Crippen LogP contribution in [0.4, 0.5) is 4.39 Å². The summed E-state index contributed by atoms with van der Waals surface area (Å²) < 4.78 is 12.9. The van der Waals surface area contributed by atoms with E-state index in [-0.39, 0.29) is 11.1 Å². The number of hydrogen-bond acceptors (Lipinski definition) is 3. The summed E-state index contributed by atoms with van der Waals surface area (Å²) in [6.07, 6.45) is -0.714. The first-order chi connectivity index (χ1) is 7.02. The smallest absolute Gasteiger partial charge is 0.311 e. The van der Waals surface area contributed by atoms with Crippen LogP contribution in [0.2, 0.25) is 0 Å². The molecule has 15 heavy (non-hydrogen) atoms. The molecule has 0 aliphatic heterocycles. The molecule has 0 saturated heterocycles. The minimum Gasteiger partial charge on any atom is -0.481 e. The number of aliphatic carboxylic acids is 1. The van der Waals surface area contributed by atoms with Gasteiger partial charge in [0.25, 0.3) is 0 Å². The van der Waals surface area contributed by atoms with Gasteiger partial charge in [0.1, 0.15) is 12.2 Å². The van der Waals surface area contributed by atoms with Crippen LogP contribution < -0.4 is 0 Å². The molecule has 1 rings (SSSR count). The van der Waals surface area contributed by atoms with Gasteiger partial charge >= 0.3 is 5.97 Å². The van der Waals surface area contributed by atoms with Crippen LogP contribution in [0.25, 0.3) is 0 Å². The van der Waals surface area contributed by atoms with Gasteiger partial charge in [-0.3, -0.25) is 9.59 Å². The molecule has 0 radical (unpaired) electrons. The van der Waals surface area contributed by atoms with Crippen LogP contribution in [0, 0.1) is 17.1 Å². The number of ketones is 1. The van der Waals surface area contributed by atoms with Gasteiger partial charge in [-0.2, -0.15) is 5.26 Å². The van der Waals surface area contributed by atoms with Crippen molar-refractivity contribution in [3.05, 3.63) is 35.1 Å². The molecule has 0 spiro atoms. The van der Waals surface area contributed by atoms with Crippen molar-refractivity contribution in [2.24, 2.45) is 0 Å². The summed E-state index contributed by atoms with van der Waals surface area (Å²) in [6.45, 7) is 0. The Hall–Kier alpha value is -2.22. The predicted octanol–water partition coefficient (Wildman–Crippen LogP) is 1.35.